The molecule has 28 heavy (non-hydrogen) atoms. The number of aromatic nitrogens is 2. The van der Waals surface area contributed by atoms with Crippen molar-refractivity contribution in [2.45, 2.75) is 6.18 Å². The minimum absolute atomic E-state index is 0.0564. The van der Waals surface area contributed by atoms with E-state index in [1.165, 1.54) is 12.1 Å². The van der Waals surface area contributed by atoms with Crippen molar-refractivity contribution in [1.29, 1.82) is 0 Å². The number of carbonyl (C=O) groups excluding carboxylic acids is 1. The maximum atomic E-state index is 12.8. The van der Waals surface area contributed by atoms with E-state index in [4.69, 9.17) is 0 Å². The van der Waals surface area contributed by atoms with Crippen molar-refractivity contribution in [2.75, 3.05) is 5.32 Å². The Morgan fingerprint density at radius 1 is 0.929 bits per heavy atom. The number of rotatable bonds is 3. The van der Waals surface area contributed by atoms with Crippen molar-refractivity contribution in [3.05, 3.63) is 84.1 Å². The Bertz CT molecular complexity index is 1160. The Morgan fingerprint density at radius 3 is 2.54 bits per heavy atom. The van der Waals surface area contributed by atoms with Crippen LogP contribution in [-0.4, -0.2) is 16.1 Å². The van der Waals surface area contributed by atoms with Crippen molar-refractivity contribution in [3.63, 3.8) is 0 Å². The van der Waals surface area contributed by atoms with E-state index in [0.717, 1.165) is 34.2 Å². The van der Waals surface area contributed by atoms with E-state index in [1.807, 2.05) is 24.3 Å². The minimum Gasteiger partial charge on any atom is -0.322 e. The topological polar surface area (TPSA) is 57.8 Å². The lowest BCUT2D eigenvalue weighted by Gasteiger charge is -2.10. The van der Waals surface area contributed by atoms with Gasteiger partial charge in [0.15, 0.2) is 0 Å². The molecule has 0 aliphatic rings. The molecule has 4 nitrogen and oxygen atoms in total. The smallest absolute Gasteiger partial charge is 0.322 e. The number of nitrogens with one attached hydrogen (secondary N) is 2. The van der Waals surface area contributed by atoms with Gasteiger partial charge in [-0.1, -0.05) is 30.3 Å². The molecule has 140 valence electrons. The summed E-state index contributed by atoms with van der Waals surface area (Å²) >= 11 is 0. The lowest BCUT2D eigenvalue weighted by Crippen LogP contribution is -2.13. The van der Waals surface area contributed by atoms with E-state index >= 15 is 0 Å². The lowest BCUT2D eigenvalue weighted by molar-refractivity contribution is -0.137. The van der Waals surface area contributed by atoms with Crippen LogP contribution in [0.5, 0.6) is 0 Å². The monoisotopic (exact) mass is 381 g/mol. The normalized spacial score (nSPS) is 11.5. The molecule has 2 N–H and O–H groups in total. The third-order valence-electron chi connectivity index (χ3n) is 4.35. The first kappa shape index (κ1) is 17.8. The number of benzene rings is 3. The summed E-state index contributed by atoms with van der Waals surface area (Å²) in [7, 11) is 0. The first-order valence-corrected chi connectivity index (χ1v) is 8.42. The van der Waals surface area contributed by atoms with Gasteiger partial charge in [-0.2, -0.15) is 18.3 Å². The van der Waals surface area contributed by atoms with Crippen LogP contribution in [0.1, 0.15) is 15.9 Å². The highest BCUT2D eigenvalue weighted by atomic mass is 19.4. The van der Waals surface area contributed by atoms with E-state index in [1.54, 1.807) is 24.4 Å². The average molecular weight is 381 g/mol. The van der Waals surface area contributed by atoms with Crippen LogP contribution in [0, 0.1) is 0 Å². The molecule has 3 aromatic carbocycles. The van der Waals surface area contributed by atoms with Gasteiger partial charge in [0.05, 0.1) is 17.3 Å². The molecule has 0 bridgehead atoms. The Balaban J connectivity index is 1.59. The predicted octanol–water partition coefficient (Wildman–Crippen LogP) is 5.50. The molecule has 4 rings (SSSR count). The van der Waals surface area contributed by atoms with Gasteiger partial charge in [0.25, 0.3) is 5.91 Å². The van der Waals surface area contributed by atoms with Crippen LogP contribution in [0.4, 0.5) is 18.9 Å². The number of H-pyrrole nitrogens is 1. The summed E-state index contributed by atoms with van der Waals surface area (Å²) < 4.78 is 38.5. The predicted molar refractivity (Wildman–Crippen MR) is 101 cm³/mol. The molecule has 0 unspecified atom stereocenters. The number of hydrogen-bond acceptors (Lipinski definition) is 2. The molecule has 0 spiro atoms. The number of nitrogens with zero attached hydrogens (tertiary/aromatic N) is 1. The second kappa shape index (κ2) is 6.84. The first-order valence-electron chi connectivity index (χ1n) is 8.42. The summed E-state index contributed by atoms with van der Waals surface area (Å²) in [4.78, 5) is 12.4. The quantitative estimate of drug-likeness (QED) is 0.492. The lowest BCUT2D eigenvalue weighted by atomic mass is 10.0. The van der Waals surface area contributed by atoms with Gasteiger partial charge >= 0.3 is 6.18 Å². The van der Waals surface area contributed by atoms with Crippen molar-refractivity contribution < 1.29 is 18.0 Å². The zero-order valence-electron chi connectivity index (χ0n) is 14.4. The molecule has 1 aromatic heterocycles. The summed E-state index contributed by atoms with van der Waals surface area (Å²) in [5.41, 5.74) is 2.24. The van der Waals surface area contributed by atoms with E-state index in [0.29, 0.717) is 5.69 Å². The number of halogens is 3. The molecule has 1 amide bonds. The Labute approximate surface area is 158 Å². The summed E-state index contributed by atoms with van der Waals surface area (Å²) in [5, 5.41) is 10.5. The van der Waals surface area contributed by atoms with Crippen LogP contribution in [0.15, 0.2) is 72.9 Å². The van der Waals surface area contributed by atoms with Gasteiger partial charge in [-0.05, 0) is 47.5 Å². The van der Waals surface area contributed by atoms with Gasteiger partial charge in [0.1, 0.15) is 0 Å². The first-order chi connectivity index (χ1) is 13.4. The van der Waals surface area contributed by atoms with Crippen molar-refractivity contribution in [3.8, 4) is 11.1 Å². The van der Waals surface area contributed by atoms with E-state index in [9.17, 15) is 18.0 Å². The highest BCUT2D eigenvalue weighted by Gasteiger charge is 2.30. The molecule has 7 heteroatoms. The van der Waals surface area contributed by atoms with Gasteiger partial charge in [-0.3, -0.25) is 9.89 Å². The number of carbonyl (C=O) groups is 1. The third kappa shape index (κ3) is 3.59. The highest BCUT2D eigenvalue weighted by molar-refractivity contribution is 6.04. The van der Waals surface area contributed by atoms with E-state index < -0.39 is 17.6 Å². The Hall–Kier alpha value is -3.61. The van der Waals surface area contributed by atoms with E-state index in [-0.39, 0.29) is 5.56 Å². The summed E-state index contributed by atoms with van der Waals surface area (Å²) in [6, 6.07) is 17.3. The van der Waals surface area contributed by atoms with Gasteiger partial charge in [0.2, 0.25) is 0 Å². The van der Waals surface area contributed by atoms with Gasteiger partial charge < -0.3 is 5.32 Å². The van der Waals surface area contributed by atoms with Crippen molar-refractivity contribution in [2.24, 2.45) is 0 Å². The second-order valence-corrected chi connectivity index (χ2v) is 6.29. The van der Waals surface area contributed by atoms with Crippen LogP contribution < -0.4 is 5.32 Å². The molecule has 1 heterocycles. The zero-order valence-corrected chi connectivity index (χ0v) is 14.4. The molecule has 0 aliphatic heterocycles. The van der Waals surface area contributed by atoms with Crippen molar-refractivity contribution >= 4 is 22.5 Å². The zero-order chi connectivity index (χ0) is 19.7. The standard InChI is InChI=1S/C21H14F3N3O/c22-21(23,24)17-5-1-4-15(9-17)20(28)26-18-6-2-3-13(10-18)14-7-8-16-12-25-27-19(16)11-14/h1-12H,(H,25,27)(H,26,28). The van der Waals surface area contributed by atoms with Gasteiger partial charge in [0, 0.05) is 16.6 Å². The molecular weight excluding hydrogens is 367 g/mol. The summed E-state index contributed by atoms with van der Waals surface area (Å²) in [5.74, 6) is -0.604. The van der Waals surface area contributed by atoms with Crippen LogP contribution in [0.2, 0.25) is 0 Å². The number of hydrogen-bond donors (Lipinski definition) is 2. The Kier molecular flexibility index (Phi) is 4.35. The fourth-order valence-electron chi connectivity index (χ4n) is 2.93. The minimum atomic E-state index is -4.50. The number of fused-ring (bicyclic) bond motifs is 1. The largest absolute Gasteiger partial charge is 0.416 e. The van der Waals surface area contributed by atoms with Crippen LogP contribution >= 0.6 is 0 Å². The number of aromatic amines is 1. The summed E-state index contributed by atoms with van der Waals surface area (Å²) in [6.45, 7) is 0. The van der Waals surface area contributed by atoms with Crippen LogP contribution in [0.25, 0.3) is 22.0 Å². The van der Waals surface area contributed by atoms with E-state index in [2.05, 4.69) is 15.5 Å². The molecule has 4 aromatic rings. The average Bonchev–Trinajstić information content (AvgIpc) is 3.15. The summed E-state index contributed by atoms with van der Waals surface area (Å²) in [6.07, 6.45) is -2.77. The van der Waals surface area contributed by atoms with Gasteiger partial charge in [-0.15, -0.1) is 0 Å². The van der Waals surface area contributed by atoms with Gasteiger partial charge in [-0.25, -0.2) is 0 Å². The SMILES string of the molecule is O=C(Nc1cccc(-c2ccc3cn[nH]c3c2)c1)c1cccc(C(F)(F)F)c1. The molecule has 0 saturated carbocycles. The molecule has 0 radical (unpaired) electrons. The Morgan fingerprint density at radius 2 is 1.71 bits per heavy atom. The number of anilines is 1. The van der Waals surface area contributed by atoms with Crippen molar-refractivity contribution in [1.82, 2.24) is 10.2 Å². The molecule has 0 saturated heterocycles. The maximum absolute atomic E-state index is 12.8. The highest BCUT2D eigenvalue weighted by Crippen LogP contribution is 2.30. The fourth-order valence-corrected chi connectivity index (χ4v) is 2.93. The number of alkyl halides is 3. The fraction of sp³-hybridized carbons (Fsp3) is 0.0476. The third-order valence-corrected chi connectivity index (χ3v) is 4.35. The number of amides is 1. The van der Waals surface area contributed by atoms with Crippen LogP contribution in [0.3, 0.4) is 0 Å². The second-order valence-electron chi connectivity index (χ2n) is 6.29. The maximum Gasteiger partial charge on any atom is 0.416 e. The molecule has 0 atom stereocenters. The molecule has 0 fully saturated rings. The molecule has 0 aliphatic carbocycles. The van der Waals surface area contributed by atoms with Crippen LogP contribution in [-0.2, 0) is 6.18 Å². The molecular formula is C21H14F3N3O.